The molecule has 0 fully saturated rings. The predicted molar refractivity (Wildman–Crippen MR) is 113 cm³/mol. The first-order valence-corrected chi connectivity index (χ1v) is 11.1. The molecule has 3 aromatic heterocycles. The standard InChI is InChI=1S/C20H16FN3OS3/c1-12-23-17(11-26-12)18-7-6-16(28-18)9-22-19(25)8-15-10-27-20(24-15)13-2-4-14(21)5-3-13/h2-7,10-11H,8-9H2,1H3,(H,22,25). The maximum atomic E-state index is 13.0. The Morgan fingerprint density at radius 3 is 2.64 bits per heavy atom. The van der Waals surface area contributed by atoms with Gasteiger partial charge in [0, 0.05) is 21.2 Å². The fourth-order valence-electron chi connectivity index (χ4n) is 2.61. The zero-order valence-electron chi connectivity index (χ0n) is 14.9. The number of nitrogens with zero attached hydrogens (tertiary/aromatic N) is 2. The maximum Gasteiger partial charge on any atom is 0.226 e. The van der Waals surface area contributed by atoms with E-state index in [0.717, 1.165) is 31.0 Å². The van der Waals surface area contributed by atoms with E-state index in [2.05, 4.69) is 15.3 Å². The topological polar surface area (TPSA) is 54.9 Å². The average Bonchev–Trinajstić information content (AvgIpc) is 3.41. The van der Waals surface area contributed by atoms with E-state index in [0.29, 0.717) is 12.2 Å². The molecule has 0 aliphatic heterocycles. The largest absolute Gasteiger partial charge is 0.351 e. The highest BCUT2D eigenvalue weighted by atomic mass is 32.1. The Kier molecular flexibility index (Phi) is 5.61. The third-order valence-electron chi connectivity index (χ3n) is 3.98. The molecule has 28 heavy (non-hydrogen) atoms. The Bertz CT molecular complexity index is 1100. The summed E-state index contributed by atoms with van der Waals surface area (Å²) in [5.41, 5.74) is 2.55. The number of carbonyl (C=O) groups is 1. The van der Waals surface area contributed by atoms with Crippen molar-refractivity contribution in [3.05, 3.63) is 68.6 Å². The van der Waals surface area contributed by atoms with Crippen molar-refractivity contribution in [3.8, 4) is 21.1 Å². The number of hydrogen-bond donors (Lipinski definition) is 1. The fourth-order valence-corrected chi connectivity index (χ4v) is 5.03. The Hall–Kier alpha value is -2.42. The van der Waals surface area contributed by atoms with Crippen molar-refractivity contribution in [2.75, 3.05) is 0 Å². The van der Waals surface area contributed by atoms with Crippen molar-refractivity contribution >= 4 is 39.9 Å². The van der Waals surface area contributed by atoms with Gasteiger partial charge in [0.15, 0.2) is 0 Å². The van der Waals surface area contributed by atoms with E-state index in [1.165, 1.54) is 23.5 Å². The molecule has 0 spiro atoms. The second kappa shape index (κ2) is 8.30. The minimum atomic E-state index is -0.276. The highest BCUT2D eigenvalue weighted by Crippen LogP contribution is 2.29. The van der Waals surface area contributed by atoms with Gasteiger partial charge >= 0.3 is 0 Å². The third kappa shape index (κ3) is 4.52. The van der Waals surface area contributed by atoms with Gasteiger partial charge in [-0.05, 0) is 43.3 Å². The van der Waals surface area contributed by atoms with Gasteiger partial charge in [0.25, 0.3) is 0 Å². The summed E-state index contributed by atoms with van der Waals surface area (Å²) in [5, 5.41) is 8.68. The second-order valence-electron chi connectivity index (χ2n) is 6.12. The lowest BCUT2D eigenvalue weighted by Crippen LogP contribution is -2.24. The Morgan fingerprint density at radius 1 is 1.07 bits per heavy atom. The maximum absolute atomic E-state index is 13.0. The van der Waals surface area contributed by atoms with Crippen LogP contribution in [0.1, 0.15) is 15.6 Å². The van der Waals surface area contributed by atoms with E-state index in [4.69, 9.17) is 0 Å². The molecule has 0 aliphatic carbocycles. The molecule has 0 unspecified atom stereocenters. The van der Waals surface area contributed by atoms with Gasteiger partial charge < -0.3 is 5.32 Å². The Balaban J connectivity index is 1.33. The van der Waals surface area contributed by atoms with E-state index in [1.807, 2.05) is 29.8 Å². The van der Waals surface area contributed by atoms with E-state index in [-0.39, 0.29) is 18.1 Å². The van der Waals surface area contributed by atoms with Crippen LogP contribution >= 0.6 is 34.0 Å². The number of carbonyl (C=O) groups excluding carboxylic acids is 1. The van der Waals surface area contributed by atoms with E-state index in [9.17, 15) is 9.18 Å². The van der Waals surface area contributed by atoms with Crippen molar-refractivity contribution in [2.24, 2.45) is 0 Å². The summed E-state index contributed by atoms with van der Waals surface area (Å²) in [5.74, 6) is -0.350. The molecule has 4 aromatic rings. The van der Waals surface area contributed by atoms with Crippen LogP contribution in [0.4, 0.5) is 4.39 Å². The average molecular weight is 430 g/mol. The van der Waals surface area contributed by atoms with Crippen molar-refractivity contribution in [1.82, 2.24) is 15.3 Å². The monoisotopic (exact) mass is 429 g/mol. The van der Waals surface area contributed by atoms with Crippen LogP contribution < -0.4 is 5.32 Å². The molecule has 1 N–H and O–H groups in total. The summed E-state index contributed by atoms with van der Waals surface area (Å²) < 4.78 is 13.0. The van der Waals surface area contributed by atoms with Gasteiger partial charge in [-0.3, -0.25) is 4.79 Å². The third-order valence-corrected chi connectivity index (χ3v) is 6.80. The SMILES string of the molecule is Cc1nc(-c2ccc(CNC(=O)Cc3csc(-c4ccc(F)cc4)n3)s2)cs1. The zero-order chi connectivity index (χ0) is 19.5. The molecule has 4 rings (SSSR count). The lowest BCUT2D eigenvalue weighted by molar-refractivity contribution is -0.120. The molecule has 142 valence electrons. The minimum Gasteiger partial charge on any atom is -0.351 e. The van der Waals surface area contributed by atoms with E-state index in [1.54, 1.807) is 34.8 Å². The normalized spacial score (nSPS) is 10.9. The lowest BCUT2D eigenvalue weighted by atomic mass is 10.2. The van der Waals surface area contributed by atoms with Crippen LogP contribution in [0.15, 0.2) is 47.2 Å². The van der Waals surface area contributed by atoms with Crippen LogP contribution in [0.25, 0.3) is 21.1 Å². The van der Waals surface area contributed by atoms with Crippen LogP contribution in [-0.4, -0.2) is 15.9 Å². The van der Waals surface area contributed by atoms with Gasteiger partial charge in [-0.1, -0.05) is 0 Å². The quantitative estimate of drug-likeness (QED) is 0.452. The smallest absolute Gasteiger partial charge is 0.226 e. The number of aromatic nitrogens is 2. The van der Waals surface area contributed by atoms with Gasteiger partial charge in [0.1, 0.15) is 10.8 Å². The molecule has 4 nitrogen and oxygen atoms in total. The van der Waals surface area contributed by atoms with Crippen LogP contribution in [0, 0.1) is 12.7 Å². The number of benzene rings is 1. The van der Waals surface area contributed by atoms with Crippen molar-refractivity contribution in [1.29, 1.82) is 0 Å². The summed E-state index contributed by atoms with van der Waals surface area (Å²) in [4.78, 5) is 23.4. The molecular weight excluding hydrogens is 413 g/mol. The fraction of sp³-hybridized carbons (Fsp3) is 0.150. The second-order valence-corrected chi connectivity index (χ2v) is 9.21. The van der Waals surface area contributed by atoms with E-state index >= 15 is 0 Å². The molecule has 0 radical (unpaired) electrons. The molecule has 0 saturated heterocycles. The molecule has 0 atom stereocenters. The Morgan fingerprint density at radius 2 is 1.89 bits per heavy atom. The van der Waals surface area contributed by atoms with E-state index < -0.39 is 0 Å². The van der Waals surface area contributed by atoms with Crippen LogP contribution in [0.3, 0.4) is 0 Å². The first-order valence-electron chi connectivity index (χ1n) is 8.55. The van der Waals surface area contributed by atoms with Gasteiger partial charge in [-0.2, -0.15) is 0 Å². The first-order chi connectivity index (χ1) is 13.6. The number of thiazole rings is 2. The number of thiophene rings is 1. The summed E-state index contributed by atoms with van der Waals surface area (Å²) in [6, 6.07) is 10.3. The highest BCUT2D eigenvalue weighted by molar-refractivity contribution is 7.16. The zero-order valence-corrected chi connectivity index (χ0v) is 17.4. The molecule has 8 heteroatoms. The number of halogens is 1. The summed E-state index contributed by atoms with van der Waals surface area (Å²) in [6.45, 7) is 2.48. The first kappa shape index (κ1) is 18.9. The molecule has 3 heterocycles. The number of hydrogen-bond acceptors (Lipinski definition) is 6. The molecule has 0 saturated carbocycles. The minimum absolute atomic E-state index is 0.0737. The van der Waals surface area contributed by atoms with Crippen molar-refractivity contribution in [2.45, 2.75) is 19.9 Å². The number of nitrogens with one attached hydrogen (secondary N) is 1. The number of amides is 1. The molecular formula is C20H16FN3OS3. The van der Waals surface area contributed by atoms with Gasteiger partial charge in [-0.15, -0.1) is 34.0 Å². The molecule has 0 aliphatic rings. The highest BCUT2D eigenvalue weighted by Gasteiger charge is 2.11. The molecule has 0 bridgehead atoms. The summed E-state index contributed by atoms with van der Waals surface area (Å²) in [6.07, 6.45) is 0.223. The van der Waals surface area contributed by atoms with Crippen LogP contribution in [-0.2, 0) is 17.8 Å². The van der Waals surface area contributed by atoms with Gasteiger partial charge in [-0.25, -0.2) is 14.4 Å². The van der Waals surface area contributed by atoms with Crippen molar-refractivity contribution < 1.29 is 9.18 Å². The number of rotatable bonds is 6. The van der Waals surface area contributed by atoms with Gasteiger partial charge in [0.05, 0.1) is 34.2 Å². The summed E-state index contributed by atoms with van der Waals surface area (Å²) >= 11 is 4.72. The summed E-state index contributed by atoms with van der Waals surface area (Å²) in [7, 11) is 0. The lowest BCUT2D eigenvalue weighted by Gasteiger charge is -2.02. The van der Waals surface area contributed by atoms with Crippen LogP contribution in [0.5, 0.6) is 0 Å². The van der Waals surface area contributed by atoms with Crippen molar-refractivity contribution in [3.63, 3.8) is 0 Å². The van der Waals surface area contributed by atoms with Gasteiger partial charge in [0.2, 0.25) is 5.91 Å². The Labute approximate surface area is 173 Å². The molecule has 1 aromatic carbocycles. The van der Waals surface area contributed by atoms with Crippen LogP contribution in [0.2, 0.25) is 0 Å². The molecule has 1 amide bonds. The number of aryl methyl sites for hydroxylation is 1. The predicted octanol–water partition coefficient (Wildman–Crippen LogP) is 5.30.